The van der Waals surface area contributed by atoms with Gasteiger partial charge in [-0.25, -0.2) is 0 Å². The predicted molar refractivity (Wildman–Crippen MR) is 37.3 cm³/mol. The number of aliphatic hydroxyl groups excluding tert-OH is 3. The lowest BCUT2D eigenvalue weighted by atomic mass is 9.98. The van der Waals surface area contributed by atoms with Gasteiger partial charge in [-0.05, 0) is 0 Å². The molecule has 0 aliphatic carbocycles. The number of hydrogen-bond acceptors (Lipinski definition) is 4. The second-order valence-corrected chi connectivity index (χ2v) is 3.00. The molecule has 0 aromatic rings. The molecule has 12 heavy (non-hydrogen) atoms. The van der Waals surface area contributed by atoms with E-state index in [0.717, 1.165) is 0 Å². The molecule has 1 aliphatic heterocycles. The summed E-state index contributed by atoms with van der Waals surface area (Å²) in [4.78, 5) is 0. The first-order valence-corrected chi connectivity index (χ1v) is 3.90. The molecular formula is C6H16N2O4+2. The summed E-state index contributed by atoms with van der Waals surface area (Å²) in [5.41, 5.74) is 7.00. The van der Waals surface area contributed by atoms with Crippen molar-refractivity contribution in [1.82, 2.24) is 0 Å². The first-order chi connectivity index (χ1) is 5.57. The van der Waals surface area contributed by atoms with Crippen molar-refractivity contribution in [3.8, 4) is 0 Å². The van der Waals surface area contributed by atoms with Crippen LogP contribution >= 0.6 is 0 Å². The molecule has 0 bridgehead atoms. The summed E-state index contributed by atoms with van der Waals surface area (Å²) in [6, 6.07) is -0.706. The van der Waals surface area contributed by atoms with Gasteiger partial charge in [0.25, 0.3) is 0 Å². The molecule has 1 rings (SSSR count). The topological polar surface area (TPSA) is 125 Å². The molecule has 0 aromatic carbocycles. The predicted octanol–water partition coefficient (Wildman–Crippen LogP) is -4.72. The molecule has 0 saturated carbocycles. The zero-order valence-corrected chi connectivity index (χ0v) is 6.76. The third-order valence-electron chi connectivity index (χ3n) is 2.13. The fourth-order valence-electron chi connectivity index (χ4n) is 1.24. The molecule has 0 unspecified atom stereocenters. The van der Waals surface area contributed by atoms with Crippen LogP contribution in [-0.4, -0.2) is 52.5 Å². The highest BCUT2D eigenvalue weighted by Gasteiger charge is 2.44. The summed E-state index contributed by atoms with van der Waals surface area (Å²) in [6.07, 6.45) is -3.77. The second kappa shape index (κ2) is 3.65. The van der Waals surface area contributed by atoms with E-state index >= 15 is 0 Å². The van der Waals surface area contributed by atoms with Crippen molar-refractivity contribution >= 4 is 0 Å². The SMILES string of the molecule is [NH3+]C[C@H]1O[C@@H](O)[C@@H]([NH3+])[C@@H](O)[C@@H]1O. The van der Waals surface area contributed by atoms with Gasteiger partial charge in [-0.1, -0.05) is 0 Å². The zero-order valence-electron chi connectivity index (χ0n) is 6.76. The Morgan fingerprint density at radius 1 is 1.17 bits per heavy atom. The van der Waals surface area contributed by atoms with Crippen molar-refractivity contribution in [2.75, 3.05) is 6.54 Å². The van der Waals surface area contributed by atoms with Crippen LogP contribution in [0.5, 0.6) is 0 Å². The maximum absolute atomic E-state index is 9.36. The number of rotatable bonds is 1. The van der Waals surface area contributed by atoms with E-state index in [1.165, 1.54) is 0 Å². The molecule has 6 heteroatoms. The van der Waals surface area contributed by atoms with Crippen molar-refractivity contribution in [2.24, 2.45) is 0 Å². The Morgan fingerprint density at radius 3 is 2.25 bits per heavy atom. The molecule has 5 atom stereocenters. The number of quaternary nitrogens is 2. The van der Waals surface area contributed by atoms with Crippen LogP contribution in [0.1, 0.15) is 0 Å². The van der Waals surface area contributed by atoms with Gasteiger partial charge in [-0.2, -0.15) is 0 Å². The van der Waals surface area contributed by atoms with Crippen LogP contribution < -0.4 is 11.5 Å². The van der Waals surface area contributed by atoms with Crippen molar-refractivity contribution < 1.29 is 31.5 Å². The summed E-state index contributed by atoms with van der Waals surface area (Å²) in [6.45, 7) is 0.308. The minimum atomic E-state index is -1.12. The Labute approximate surface area is 69.7 Å². The fourth-order valence-corrected chi connectivity index (χ4v) is 1.24. The monoisotopic (exact) mass is 180 g/mol. The molecule has 0 spiro atoms. The maximum Gasteiger partial charge on any atom is 0.211 e. The Bertz CT molecular complexity index is 152. The van der Waals surface area contributed by atoms with E-state index in [9.17, 15) is 15.3 Å². The summed E-state index contributed by atoms with van der Waals surface area (Å²) < 4.78 is 4.95. The number of hydrogen-bond donors (Lipinski definition) is 5. The molecule has 1 fully saturated rings. The normalized spacial score (nSPS) is 49.2. The smallest absolute Gasteiger partial charge is 0.211 e. The Kier molecular flexibility index (Phi) is 2.99. The summed E-state index contributed by atoms with van der Waals surface area (Å²) in [5.74, 6) is 0. The van der Waals surface area contributed by atoms with Crippen LogP contribution in [0, 0.1) is 0 Å². The van der Waals surface area contributed by atoms with Crippen LogP contribution in [0.4, 0.5) is 0 Å². The lowest BCUT2D eigenvalue weighted by Crippen LogP contribution is -2.79. The van der Waals surface area contributed by atoms with E-state index < -0.39 is 30.6 Å². The van der Waals surface area contributed by atoms with E-state index in [2.05, 4.69) is 11.5 Å². The summed E-state index contributed by atoms with van der Waals surface area (Å²) in [5, 5.41) is 27.9. The first kappa shape index (κ1) is 9.85. The van der Waals surface area contributed by atoms with Crippen molar-refractivity contribution in [3.05, 3.63) is 0 Å². The lowest BCUT2D eigenvalue weighted by molar-refractivity contribution is -0.506. The van der Waals surface area contributed by atoms with Gasteiger partial charge in [-0.15, -0.1) is 0 Å². The minimum Gasteiger partial charge on any atom is -0.387 e. The van der Waals surface area contributed by atoms with Gasteiger partial charge < -0.3 is 31.5 Å². The van der Waals surface area contributed by atoms with Crippen molar-refractivity contribution in [2.45, 2.75) is 30.6 Å². The van der Waals surface area contributed by atoms with Gasteiger partial charge in [0.2, 0.25) is 6.29 Å². The number of aliphatic hydroxyl groups is 3. The molecule has 0 radical (unpaired) electrons. The Balaban J connectivity index is 2.63. The molecule has 1 aliphatic rings. The van der Waals surface area contributed by atoms with E-state index in [-0.39, 0.29) is 0 Å². The van der Waals surface area contributed by atoms with Gasteiger partial charge in [0.05, 0.1) is 0 Å². The van der Waals surface area contributed by atoms with Gasteiger partial charge in [-0.3, -0.25) is 0 Å². The Morgan fingerprint density at radius 2 is 1.75 bits per heavy atom. The molecule has 0 amide bonds. The third-order valence-corrected chi connectivity index (χ3v) is 2.13. The molecule has 1 saturated heterocycles. The van der Waals surface area contributed by atoms with Gasteiger partial charge in [0.15, 0.2) is 6.04 Å². The lowest BCUT2D eigenvalue weighted by Gasteiger charge is -2.35. The highest BCUT2D eigenvalue weighted by atomic mass is 16.6. The Hall–Kier alpha value is -0.240. The van der Waals surface area contributed by atoms with Crippen LogP contribution in [0.2, 0.25) is 0 Å². The highest BCUT2D eigenvalue weighted by Crippen LogP contribution is 2.15. The summed E-state index contributed by atoms with van der Waals surface area (Å²) in [7, 11) is 0. The molecular weight excluding hydrogens is 164 g/mol. The van der Waals surface area contributed by atoms with Crippen LogP contribution in [0.3, 0.4) is 0 Å². The van der Waals surface area contributed by atoms with Gasteiger partial charge in [0, 0.05) is 0 Å². The average Bonchev–Trinajstić information content (AvgIpc) is 2.08. The largest absolute Gasteiger partial charge is 0.387 e. The van der Waals surface area contributed by atoms with Gasteiger partial charge in [0.1, 0.15) is 24.9 Å². The van der Waals surface area contributed by atoms with Crippen LogP contribution in [0.15, 0.2) is 0 Å². The molecule has 72 valence electrons. The van der Waals surface area contributed by atoms with Crippen molar-refractivity contribution in [1.29, 1.82) is 0 Å². The van der Waals surface area contributed by atoms with E-state index in [1.807, 2.05) is 0 Å². The maximum atomic E-state index is 9.36. The molecule has 9 N–H and O–H groups in total. The van der Waals surface area contributed by atoms with Crippen LogP contribution in [0.25, 0.3) is 0 Å². The fraction of sp³-hybridized carbons (Fsp3) is 1.00. The molecule has 0 aromatic heterocycles. The zero-order chi connectivity index (χ0) is 9.30. The van der Waals surface area contributed by atoms with Crippen molar-refractivity contribution in [3.63, 3.8) is 0 Å². The summed E-state index contributed by atoms with van der Waals surface area (Å²) >= 11 is 0. The third kappa shape index (κ3) is 1.58. The standard InChI is InChI=1S/C6H14N2O4/c7-1-2-4(9)5(10)3(8)6(11)12-2/h2-6,9-11H,1,7-8H2/p+2/t2-,3+,4-,5-,6-/m1/s1. The highest BCUT2D eigenvalue weighted by molar-refractivity contribution is 4.86. The van der Waals surface area contributed by atoms with E-state index in [0.29, 0.717) is 6.54 Å². The quantitative estimate of drug-likeness (QED) is 0.278. The molecule has 6 nitrogen and oxygen atoms in total. The van der Waals surface area contributed by atoms with Gasteiger partial charge >= 0.3 is 0 Å². The molecule has 1 heterocycles. The first-order valence-electron chi connectivity index (χ1n) is 3.90. The van der Waals surface area contributed by atoms with E-state index in [1.54, 1.807) is 0 Å². The number of ether oxygens (including phenoxy) is 1. The average molecular weight is 180 g/mol. The van der Waals surface area contributed by atoms with Crippen LogP contribution in [-0.2, 0) is 4.74 Å². The van der Waals surface area contributed by atoms with E-state index in [4.69, 9.17) is 4.74 Å². The second-order valence-electron chi connectivity index (χ2n) is 3.00. The minimum absolute atomic E-state index is 0.308.